The first kappa shape index (κ1) is 11.9. The predicted molar refractivity (Wildman–Crippen MR) is 63.4 cm³/mol. The summed E-state index contributed by atoms with van der Waals surface area (Å²) in [6.45, 7) is 6.55. The summed E-state index contributed by atoms with van der Waals surface area (Å²) in [7, 11) is 0. The number of aliphatic carboxylic acids is 1. The van der Waals surface area contributed by atoms with Crippen LogP contribution in [-0.4, -0.2) is 35.1 Å². The van der Waals surface area contributed by atoms with Crippen LogP contribution in [0.4, 0.5) is 0 Å². The highest BCUT2D eigenvalue weighted by molar-refractivity contribution is 5.67. The summed E-state index contributed by atoms with van der Waals surface area (Å²) in [4.78, 5) is 13.2. The van der Waals surface area contributed by atoms with Crippen LogP contribution in [0.2, 0.25) is 0 Å². The van der Waals surface area contributed by atoms with Crippen molar-refractivity contribution >= 4 is 5.97 Å². The number of hydrogen-bond donors (Lipinski definition) is 1. The molecule has 0 bridgehead atoms. The zero-order chi connectivity index (χ0) is 11.8. The minimum atomic E-state index is -0.661. The summed E-state index contributed by atoms with van der Waals surface area (Å²) >= 11 is 0. The summed E-state index contributed by atoms with van der Waals surface area (Å²) in [6, 6.07) is 0.240. The van der Waals surface area contributed by atoms with Crippen molar-refractivity contribution in [2.45, 2.75) is 52.0 Å². The van der Waals surface area contributed by atoms with Crippen LogP contribution in [0.3, 0.4) is 0 Å². The van der Waals surface area contributed by atoms with Gasteiger partial charge in [-0.2, -0.15) is 0 Å². The Morgan fingerprint density at radius 1 is 1.31 bits per heavy atom. The summed E-state index contributed by atoms with van der Waals surface area (Å²) in [5.41, 5.74) is 0.575. The Hall–Kier alpha value is -0.570. The molecule has 3 nitrogen and oxygen atoms in total. The molecule has 0 aromatic heterocycles. The molecule has 0 aromatic carbocycles. The minimum absolute atomic E-state index is 0.240. The van der Waals surface area contributed by atoms with E-state index in [1.54, 1.807) is 0 Å². The van der Waals surface area contributed by atoms with Gasteiger partial charge in [-0.3, -0.25) is 9.69 Å². The van der Waals surface area contributed by atoms with Gasteiger partial charge in [-0.1, -0.05) is 26.7 Å². The fourth-order valence-electron chi connectivity index (χ4n) is 3.46. The smallest absolute Gasteiger partial charge is 0.304 e. The van der Waals surface area contributed by atoms with E-state index >= 15 is 0 Å². The third-order valence-electron chi connectivity index (χ3n) is 4.36. The van der Waals surface area contributed by atoms with E-state index in [9.17, 15) is 4.79 Å². The van der Waals surface area contributed by atoms with Crippen LogP contribution in [0.5, 0.6) is 0 Å². The summed E-state index contributed by atoms with van der Waals surface area (Å²) in [5, 5.41) is 8.93. The highest BCUT2D eigenvalue weighted by Crippen LogP contribution is 2.46. The Kier molecular flexibility index (Phi) is 3.24. The van der Waals surface area contributed by atoms with Gasteiger partial charge in [-0.25, -0.2) is 0 Å². The van der Waals surface area contributed by atoms with Crippen LogP contribution in [0, 0.1) is 11.3 Å². The second-order valence-corrected chi connectivity index (χ2v) is 6.02. The lowest BCUT2D eigenvalue weighted by molar-refractivity contribution is -0.141. The molecule has 1 atom stereocenters. The van der Waals surface area contributed by atoms with Crippen LogP contribution in [-0.2, 0) is 4.79 Å². The highest BCUT2D eigenvalue weighted by Gasteiger charge is 2.47. The normalized spacial score (nSPS) is 25.9. The van der Waals surface area contributed by atoms with Crippen molar-refractivity contribution in [1.29, 1.82) is 0 Å². The van der Waals surface area contributed by atoms with Crippen molar-refractivity contribution in [3.63, 3.8) is 0 Å². The molecule has 1 N–H and O–H groups in total. The van der Waals surface area contributed by atoms with Gasteiger partial charge in [0.25, 0.3) is 0 Å². The lowest BCUT2D eigenvalue weighted by atomic mass is 9.76. The number of carboxylic acid groups (broad SMARTS) is 1. The molecule has 3 heteroatoms. The van der Waals surface area contributed by atoms with Crippen LogP contribution in [0.25, 0.3) is 0 Å². The van der Waals surface area contributed by atoms with E-state index in [0.29, 0.717) is 17.8 Å². The monoisotopic (exact) mass is 225 g/mol. The van der Waals surface area contributed by atoms with E-state index < -0.39 is 5.97 Å². The van der Waals surface area contributed by atoms with E-state index in [0.717, 1.165) is 13.1 Å². The minimum Gasteiger partial charge on any atom is -0.481 e. The summed E-state index contributed by atoms with van der Waals surface area (Å²) < 4.78 is 0. The second kappa shape index (κ2) is 4.36. The molecule has 0 aromatic rings. The van der Waals surface area contributed by atoms with E-state index in [2.05, 4.69) is 18.7 Å². The molecule has 92 valence electrons. The molecule has 2 aliphatic rings. The van der Waals surface area contributed by atoms with Crippen molar-refractivity contribution in [2.75, 3.05) is 13.1 Å². The Morgan fingerprint density at radius 3 is 2.31 bits per heavy atom. The van der Waals surface area contributed by atoms with Crippen molar-refractivity contribution in [3.05, 3.63) is 0 Å². The predicted octanol–water partition coefficient (Wildman–Crippen LogP) is 2.36. The molecule has 1 unspecified atom stereocenters. The molecule has 2 rings (SSSR count). The van der Waals surface area contributed by atoms with E-state index in [1.807, 2.05) is 0 Å². The third kappa shape index (κ3) is 2.24. The maximum absolute atomic E-state index is 10.8. The van der Waals surface area contributed by atoms with Gasteiger partial charge in [0.2, 0.25) is 0 Å². The van der Waals surface area contributed by atoms with Crippen molar-refractivity contribution in [3.8, 4) is 0 Å². The maximum Gasteiger partial charge on any atom is 0.304 e. The molecule has 1 spiro atoms. The molecule has 2 fully saturated rings. The molecule has 1 saturated heterocycles. The fourth-order valence-corrected chi connectivity index (χ4v) is 3.46. The molecular formula is C13H23NO2. The van der Waals surface area contributed by atoms with Crippen molar-refractivity contribution in [1.82, 2.24) is 4.90 Å². The zero-order valence-corrected chi connectivity index (χ0v) is 10.4. The topological polar surface area (TPSA) is 40.5 Å². The first-order valence-corrected chi connectivity index (χ1v) is 6.48. The van der Waals surface area contributed by atoms with Gasteiger partial charge in [0.05, 0.1) is 6.42 Å². The van der Waals surface area contributed by atoms with Crippen molar-refractivity contribution in [2.24, 2.45) is 11.3 Å². The number of nitrogens with zero attached hydrogens (tertiary/aromatic N) is 1. The van der Waals surface area contributed by atoms with Gasteiger partial charge in [-0.15, -0.1) is 0 Å². The number of rotatable bonds is 4. The number of hydrogen-bond acceptors (Lipinski definition) is 2. The lowest BCUT2D eigenvalue weighted by Crippen LogP contribution is -2.60. The zero-order valence-electron chi connectivity index (χ0n) is 10.4. The summed E-state index contributed by atoms with van der Waals surface area (Å²) in [5.74, 6) is -0.221. The average Bonchev–Trinajstić information content (AvgIpc) is 2.59. The largest absolute Gasteiger partial charge is 0.481 e. The average molecular weight is 225 g/mol. The summed E-state index contributed by atoms with van der Waals surface area (Å²) in [6.07, 6.45) is 5.77. The molecular weight excluding hydrogens is 202 g/mol. The highest BCUT2D eigenvalue weighted by atomic mass is 16.4. The molecule has 1 aliphatic heterocycles. The van der Waals surface area contributed by atoms with Gasteiger partial charge in [0.15, 0.2) is 0 Å². The third-order valence-corrected chi connectivity index (χ3v) is 4.36. The number of carbonyl (C=O) groups is 1. The molecule has 16 heavy (non-hydrogen) atoms. The van der Waals surface area contributed by atoms with E-state index in [-0.39, 0.29) is 6.04 Å². The first-order valence-electron chi connectivity index (χ1n) is 6.48. The van der Waals surface area contributed by atoms with Gasteiger partial charge in [-0.05, 0) is 24.2 Å². The van der Waals surface area contributed by atoms with Crippen LogP contribution in [0.15, 0.2) is 0 Å². The van der Waals surface area contributed by atoms with Gasteiger partial charge in [0, 0.05) is 19.1 Å². The molecule has 1 saturated carbocycles. The van der Waals surface area contributed by atoms with Crippen LogP contribution in [0.1, 0.15) is 46.0 Å². The fraction of sp³-hybridized carbons (Fsp3) is 0.923. The number of carboxylic acids is 1. The van der Waals surface area contributed by atoms with Gasteiger partial charge >= 0.3 is 5.97 Å². The second-order valence-electron chi connectivity index (χ2n) is 6.02. The number of likely N-dealkylation sites (tertiary alicyclic amines) is 1. The Bertz CT molecular complexity index is 261. The van der Waals surface area contributed by atoms with Gasteiger partial charge < -0.3 is 5.11 Å². The Labute approximate surface area is 97.8 Å². The molecule has 1 heterocycles. The molecule has 0 amide bonds. The van der Waals surface area contributed by atoms with E-state index in [1.165, 1.54) is 25.7 Å². The van der Waals surface area contributed by atoms with E-state index in [4.69, 9.17) is 5.11 Å². The Morgan fingerprint density at radius 2 is 1.88 bits per heavy atom. The van der Waals surface area contributed by atoms with Crippen LogP contribution >= 0.6 is 0 Å². The first-order chi connectivity index (χ1) is 7.52. The quantitative estimate of drug-likeness (QED) is 0.798. The lowest BCUT2D eigenvalue weighted by Gasteiger charge is -2.52. The van der Waals surface area contributed by atoms with Crippen molar-refractivity contribution < 1.29 is 9.90 Å². The molecule has 1 aliphatic carbocycles. The standard InChI is InChI=1S/C13H23NO2/c1-10(2)11(7-12(15)16)14-8-13(9-14)5-3-4-6-13/h10-11H,3-9H2,1-2H3,(H,15,16). The SMILES string of the molecule is CC(C)C(CC(=O)O)N1CC2(CCCC2)C1. The Balaban J connectivity index is 1.89. The molecule has 0 radical (unpaired) electrons. The van der Waals surface area contributed by atoms with Crippen LogP contribution < -0.4 is 0 Å². The van der Waals surface area contributed by atoms with Gasteiger partial charge in [0.1, 0.15) is 0 Å². The maximum atomic E-state index is 10.8.